The summed E-state index contributed by atoms with van der Waals surface area (Å²) in [6.07, 6.45) is 9.33. The van der Waals surface area contributed by atoms with E-state index in [1.54, 1.807) is 25.6 Å². The van der Waals surface area contributed by atoms with Crippen molar-refractivity contribution in [3.63, 3.8) is 0 Å². The Kier molecular flexibility index (Phi) is 11.0. The number of thiophene rings is 1. The number of fused-ring (bicyclic) bond motifs is 4. The van der Waals surface area contributed by atoms with Crippen LogP contribution in [0.2, 0.25) is 0 Å². The first-order valence-electron chi connectivity index (χ1n) is 23.3. The van der Waals surface area contributed by atoms with Crippen molar-refractivity contribution in [2.75, 3.05) is 57.0 Å². The highest BCUT2D eigenvalue weighted by molar-refractivity contribution is 7.16. The Bertz CT molecular complexity index is 2960. The summed E-state index contributed by atoms with van der Waals surface area (Å²) in [5, 5.41) is 21.8. The van der Waals surface area contributed by atoms with E-state index in [-0.39, 0.29) is 18.1 Å². The Morgan fingerprint density at radius 1 is 0.970 bits per heavy atom. The second-order valence-electron chi connectivity index (χ2n) is 18.5. The molecule has 1 saturated heterocycles. The number of aryl methyl sites for hydroxylation is 1. The molecule has 1 fully saturated rings. The number of likely N-dealkylation sites (N-methyl/N-ethyl adjacent to an activating group) is 2. The van der Waals surface area contributed by atoms with Crippen molar-refractivity contribution >= 4 is 39.0 Å². The van der Waals surface area contributed by atoms with Gasteiger partial charge in [0.2, 0.25) is 5.88 Å². The molecule has 344 valence electrons. The van der Waals surface area contributed by atoms with E-state index in [1.807, 2.05) is 36.5 Å². The molecular weight excluding hydrogens is 863 g/mol. The minimum Gasteiger partial charge on any atom is -0.497 e. The van der Waals surface area contributed by atoms with E-state index in [0.29, 0.717) is 59.1 Å². The van der Waals surface area contributed by atoms with E-state index in [2.05, 4.69) is 76.8 Å². The van der Waals surface area contributed by atoms with Crippen LogP contribution in [-0.4, -0.2) is 82.3 Å². The summed E-state index contributed by atoms with van der Waals surface area (Å²) in [6.45, 7) is 4.74. The van der Waals surface area contributed by atoms with Gasteiger partial charge in [0.15, 0.2) is 22.9 Å². The van der Waals surface area contributed by atoms with E-state index < -0.39 is 5.41 Å². The van der Waals surface area contributed by atoms with Crippen molar-refractivity contribution in [2.24, 2.45) is 0 Å². The minimum absolute atomic E-state index is 0.00137. The van der Waals surface area contributed by atoms with Gasteiger partial charge in [-0.2, -0.15) is 5.26 Å². The van der Waals surface area contributed by atoms with Gasteiger partial charge in [0.25, 0.3) is 0 Å². The number of nitrogens with zero attached hydrogens (tertiary/aromatic N) is 10. The maximum atomic E-state index is 10.4. The van der Waals surface area contributed by atoms with E-state index in [1.165, 1.54) is 4.88 Å². The van der Waals surface area contributed by atoms with Crippen LogP contribution in [0.5, 0.6) is 17.4 Å². The molecule has 15 nitrogen and oxygen atoms in total. The molecule has 0 saturated carbocycles. The first kappa shape index (κ1) is 42.9. The van der Waals surface area contributed by atoms with E-state index >= 15 is 0 Å². The summed E-state index contributed by atoms with van der Waals surface area (Å²) in [6, 6.07) is 22.9. The topological polar surface area (TPSA) is 170 Å². The lowest BCUT2D eigenvalue weighted by atomic mass is 9.63. The first-order chi connectivity index (χ1) is 32.7. The number of hydrogen-bond donors (Lipinski definition) is 1. The highest BCUT2D eigenvalue weighted by Crippen LogP contribution is 2.55. The van der Waals surface area contributed by atoms with Gasteiger partial charge in [0.1, 0.15) is 46.2 Å². The Morgan fingerprint density at radius 2 is 1.69 bits per heavy atom. The van der Waals surface area contributed by atoms with Gasteiger partial charge >= 0.3 is 0 Å². The monoisotopic (exact) mass is 917 g/mol. The van der Waals surface area contributed by atoms with Gasteiger partial charge in [-0.05, 0) is 119 Å². The van der Waals surface area contributed by atoms with Gasteiger partial charge in [-0.15, -0.1) is 16.4 Å². The van der Waals surface area contributed by atoms with Crippen molar-refractivity contribution in [1.29, 1.82) is 5.26 Å². The quantitative estimate of drug-likeness (QED) is 0.131. The van der Waals surface area contributed by atoms with Gasteiger partial charge in [-0.1, -0.05) is 35.5 Å². The van der Waals surface area contributed by atoms with Crippen molar-refractivity contribution in [2.45, 2.75) is 94.9 Å². The molecule has 5 aromatic heterocycles. The molecule has 4 atom stereocenters. The second kappa shape index (κ2) is 17.2. The molecule has 0 bridgehead atoms. The molecular formula is C51H55N11O4S. The number of aromatic nitrogens is 6. The number of rotatable bonds is 11. The predicted octanol–water partition coefficient (Wildman–Crippen LogP) is 8.80. The number of hydrogen-bond acceptors (Lipinski definition) is 15. The number of likely N-dealkylation sites (tertiary alicyclic amines) is 1. The number of benzene rings is 2. The number of ether oxygens (including phenoxy) is 3. The Morgan fingerprint density at radius 3 is 2.36 bits per heavy atom. The molecule has 4 aliphatic rings. The van der Waals surface area contributed by atoms with Gasteiger partial charge in [0.05, 0.1) is 37.3 Å². The maximum Gasteiger partial charge on any atom is 0.246 e. The fourth-order valence-corrected chi connectivity index (χ4v) is 12.6. The summed E-state index contributed by atoms with van der Waals surface area (Å²) < 4.78 is 26.4. The first-order valence-corrected chi connectivity index (χ1v) is 24.1. The number of nitriles is 1. The molecule has 0 radical (unpaired) electrons. The fraction of sp³-hybridized carbons (Fsp3) is 0.412. The standard InChI is InChI=1S/C51H55N11O4S/c1-30(38-12-9-25-59(38)2)62-49-41-48(55-46(56-49)43-36-10-6-22-51(44(36)66-58-43)23-7-13-40-42(51)37(26-52)45(53)67-40)60(3)39(29-65-50(41)57-62)35-11-8-24-54-47(35)61(27-31-14-18-33(63-4)19-15-31)28-32-16-20-34(64-5)21-17-32/h8,11,14-21,24,30,38-39H,6-7,9-10,12-13,22-23,25,27-29,53H2,1-5H3/t30-,38-,39?,51-/m0/s1. The summed E-state index contributed by atoms with van der Waals surface area (Å²) in [4.78, 5) is 24.1. The smallest absolute Gasteiger partial charge is 0.246 e. The summed E-state index contributed by atoms with van der Waals surface area (Å²) in [5.41, 5.74) is 13.2. The van der Waals surface area contributed by atoms with Crippen LogP contribution in [0.15, 0.2) is 71.4 Å². The van der Waals surface area contributed by atoms with Crippen LogP contribution in [0.3, 0.4) is 0 Å². The number of nitrogen functional groups attached to an aromatic ring is 1. The fourth-order valence-electron chi connectivity index (χ4n) is 11.4. The van der Waals surface area contributed by atoms with Gasteiger partial charge in [-0.3, -0.25) is 0 Å². The number of nitrogens with two attached hydrogens (primary N) is 1. The van der Waals surface area contributed by atoms with Crippen LogP contribution >= 0.6 is 11.3 Å². The molecule has 11 rings (SSSR count). The number of anilines is 3. The van der Waals surface area contributed by atoms with E-state index in [0.717, 1.165) is 114 Å². The molecule has 2 aromatic carbocycles. The average Bonchev–Trinajstić information content (AvgIpc) is 4.14. The third kappa shape index (κ3) is 7.21. The van der Waals surface area contributed by atoms with Crippen LogP contribution in [0.25, 0.3) is 22.6 Å². The van der Waals surface area contributed by atoms with Crippen molar-refractivity contribution in [3.05, 3.63) is 111 Å². The van der Waals surface area contributed by atoms with Gasteiger partial charge in [0, 0.05) is 48.4 Å². The van der Waals surface area contributed by atoms with Crippen molar-refractivity contribution in [1.82, 2.24) is 34.8 Å². The van der Waals surface area contributed by atoms with Crippen LogP contribution in [0, 0.1) is 11.3 Å². The molecule has 1 unspecified atom stereocenters. The van der Waals surface area contributed by atoms with E-state index in [9.17, 15) is 5.26 Å². The zero-order valence-corrected chi connectivity index (χ0v) is 39.5. The average molecular weight is 918 g/mol. The van der Waals surface area contributed by atoms with Crippen LogP contribution < -0.4 is 29.7 Å². The zero-order valence-electron chi connectivity index (χ0n) is 38.7. The normalized spacial score (nSPS) is 20.5. The molecule has 1 spiro atoms. The molecule has 0 amide bonds. The summed E-state index contributed by atoms with van der Waals surface area (Å²) in [7, 11) is 7.63. The third-order valence-electron chi connectivity index (χ3n) is 14.8. The lowest BCUT2D eigenvalue weighted by Crippen LogP contribution is -2.35. The number of methoxy groups -OCH3 is 2. The predicted molar refractivity (Wildman–Crippen MR) is 258 cm³/mol. The number of pyridine rings is 1. The molecule has 7 aromatic rings. The lowest BCUT2D eigenvalue weighted by Gasteiger charge is -2.39. The summed E-state index contributed by atoms with van der Waals surface area (Å²) >= 11 is 1.54. The maximum absolute atomic E-state index is 10.4. The largest absolute Gasteiger partial charge is 0.497 e. The van der Waals surface area contributed by atoms with Crippen molar-refractivity contribution < 1.29 is 18.7 Å². The zero-order chi connectivity index (χ0) is 46.0. The second-order valence-corrected chi connectivity index (χ2v) is 19.7. The van der Waals surface area contributed by atoms with Gasteiger partial charge in [-0.25, -0.2) is 19.6 Å². The molecule has 16 heteroatoms. The lowest BCUT2D eigenvalue weighted by molar-refractivity contribution is 0.225. The Labute approximate surface area is 394 Å². The highest BCUT2D eigenvalue weighted by atomic mass is 32.1. The van der Waals surface area contributed by atoms with Crippen LogP contribution in [0.1, 0.15) is 102 Å². The Hall–Kier alpha value is -6.70. The molecule has 2 aliphatic carbocycles. The van der Waals surface area contributed by atoms with E-state index in [4.69, 9.17) is 49.7 Å². The molecule has 7 heterocycles. The molecule has 67 heavy (non-hydrogen) atoms. The van der Waals surface area contributed by atoms with Crippen LogP contribution in [-0.2, 0) is 31.3 Å². The van der Waals surface area contributed by atoms with Gasteiger partial charge < -0.3 is 39.2 Å². The summed E-state index contributed by atoms with van der Waals surface area (Å²) in [5.74, 6) is 4.93. The Balaban J connectivity index is 1.04. The SMILES string of the molecule is COc1ccc(CN(Cc2ccc(OC)cc2)c2ncccc2C2COc3nn([C@@H](C)[C@@H]4CCCN4C)c4nc(-c5noc6c5CCC[C@@]65CCCc6sc(N)c(C#N)c65)nc(c34)N2C)cc1. The van der Waals surface area contributed by atoms with Crippen molar-refractivity contribution in [3.8, 4) is 35.0 Å². The molecule has 2 aliphatic heterocycles. The third-order valence-corrected chi connectivity index (χ3v) is 15.9. The molecule has 2 N–H and O–H groups in total. The van der Waals surface area contributed by atoms with Crippen LogP contribution in [0.4, 0.5) is 16.6 Å². The highest BCUT2D eigenvalue weighted by Gasteiger charge is 2.49. The minimum atomic E-state index is -0.478.